The van der Waals surface area contributed by atoms with E-state index in [0.717, 1.165) is 28.4 Å². The normalized spacial score (nSPS) is 11.4. The Morgan fingerprint density at radius 2 is 1.85 bits per heavy atom. The molecule has 3 rings (SSSR count). The summed E-state index contributed by atoms with van der Waals surface area (Å²) in [6.07, 6.45) is 0. The van der Waals surface area contributed by atoms with Crippen molar-refractivity contribution in [2.24, 2.45) is 0 Å². The number of fused-ring (bicyclic) bond motifs is 1. The molecule has 0 radical (unpaired) electrons. The van der Waals surface area contributed by atoms with Crippen LogP contribution < -0.4 is 0 Å². The molecule has 2 nitrogen and oxygen atoms in total. The van der Waals surface area contributed by atoms with Gasteiger partial charge in [-0.3, -0.25) is 0 Å². The minimum atomic E-state index is 0.380. The summed E-state index contributed by atoms with van der Waals surface area (Å²) in [5.41, 5.74) is 3.38. The van der Waals surface area contributed by atoms with Gasteiger partial charge in [-0.1, -0.05) is 55.8 Å². The number of benzene rings is 2. The highest BCUT2D eigenvalue weighted by atomic mass is 35.5. The van der Waals surface area contributed by atoms with Gasteiger partial charge in [-0.15, -0.1) is 0 Å². The van der Waals surface area contributed by atoms with E-state index in [9.17, 15) is 0 Å². The molecule has 0 aliphatic rings. The van der Waals surface area contributed by atoms with Gasteiger partial charge in [0.15, 0.2) is 0 Å². The lowest BCUT2D eigenvalue weighted by Crippen LogP contribution is -2.06. The van der Waals surface area contributed by atoms with E-state index >= 15 is 0 Å². The van der Waals surface area contributed by atoms with Crippen LogP contribution in [0.3, 0.4) is 0 Å². The molecule has 1 aromatic heterocycles. The molecule has 0 fully saturated rings. The lowest BCUT2D eigenvalue weighted by atomic mass is 10.2. The number of aromatic nitrogens is 2. The predicted molar refractivity (Wildman–Crippen MR) is 84.4 cm³/mol. The molecule has 2 aromatic carbocycles. The van der Waals surface area contributed by atoms with Crippen LogP contribution in [0.5, 0.6) is 0 Å². The molecule has 0 N–H and O–H groups in total. The summed E-state index contributed by atoms with van der Waals surface area (Å²) < 4.78 is 2.27. The van der Waals surface area contributed by atoms with Crippen molar-refractivity contribution in [3.05, 3.63) is 64.9 Å². The SMILES string of the molecule is CC(C)c1nc2ccc(Cl)cc2n1Cc1ccccc1. The summed E-state index contributed by atoms with van der Waals surface area (Å²) >= 11 is 6.14. The van der Waals surface area contributed by atoms with Crippen molar-refractivity contribution in [3.63, 3.8) is 0 Å². The van der Waals surface area contributed by atoms with Crippen LogP contribution in [0.25, 0.3) is 11.0 Å². The molecule has 0 saturated heterocycles. The fraction of sp³-hybridized carbons (Fsp3) is 0.235. The minimum absolute atomic E-state index is 0.380. The molecule has 0 saturated carbocycles. The molecule has 0 aliphatic carbocycles. The van der Waals surface area contributed by atoms with Crippen LogP contribution in [0.2, 0.25) is 5.02 Å². The number of imidazole rings is 1. The van der Waals surface area contributed by atoms with Crippen molar-refractivity contribution in [1.82, 2.24) is 9.55 Å². The highest BCUT2D eigenvalue weighted by Crippen LogP contribution is 2.25. The molecule has 0 spiro atoms. The zero-order valence-corrected chi connectivity index (χ0v) is 12.4. The Balaban J connectivity index is 2.15. The minimum Gasteiger partial charge on any atom is -0.323 e. The second-order valence-electron chi connectivity index (χ2n) is 5.33. The van der Waals surface area contributed by atoms with Crippen LogP contribution in [0.1, 0.15) is 31.2 Å². The second-order valence-corrected chi connectivity index (χ2v) is 5.77. The monoisotopic (exact) mass is 284 g/mol. The fourth-order valence-corrected chi connectivity index (χ4v) is 2.65. The third kappa shape index (κ3) is 2.44. The van der Waals surface area contributed by atoms with Crippen molar-refractivity contribution >= 4 is 22.6 Å². The van der Waals surface area contributed by atoms with Crippen LogP contribution in [0, 0.1) is 0 Å². The topological polar surface area (TPSA) is 17.8 Å². The molecule has 0 amide bonds. The number of hydrogen-bond donors (Lipinski definition) is 0. The molecule has 1 heterocycles. The molecule has 102 valence electrons. The van der Waals surface area contributed by atoms with Gasteiger partial charge in [0.2, 0.25) is 0 Å². The Labute approximate surface area is 124 Å². The number of hydrogen-bond acceptors (Lipinski definition) is 1. The van der Waals surface area contributed by atoms with E-state index in [1.807, 2.05) is 24.3 Å². The maximum Gasteiger partial charge on any atom is 0.112 e. The molecule has 20 heavy (non-hydrogen) atoms. The Kier molecular flexibility index (Phi) is 3.49. The zero-order valence-electron chi connectivity index (χ0n) is 11.7. The predicted octanol–water partition coefficient (Wildman–Crippen LogP) is 4.86. The van der Waals surface area contributed by atoms with Gasteiger partial charge in [-0.25, -0.2) is 4.98 Å². The molecule has 0 bridgehead atoms. The van der Waals surface area contributed by atoms with Crippen molar-refractivity contribution in [2.45, 2.75) is 26.3 Å². The molecule has 0 aliphatic heterocycles. The number of nitrogens with zero attached hydrogens (tertiary/aromatic N) is 2. The Morgan fingerprint density at radius 3 is 2.55 bits per heavy atom. The van der Waals surface area contributed by atoms with E-state index in [4.69, 9.17) is 16.6 Å². The Morgan fingerprint density at radius 1 is 1.10 bits per heavy atom. The molecular weight excluding hydrogens is 268 g/mol. The van der Waals surface area contributed by atoms with Gasteiger partial charge in [0.25, 0.3) is 0 Å². The van der Waals surface area contributed by atoms with Gasteiger partial charge >= 0.3 is 0 Å². The van der Waals surface area contributed by atoms with E-state index in [-0.39, 0.29) is 0 Å². The molecule has 3 heteroatoms. The van der Waals surface area contributed by atoms with Gasteiger partial charge in [0.1, 0.15) is 5.82 Å². The summed E-state index contributed by atoms with van der Waals surface area (Å²) in [5.74, 6) is 1.48. The Hall–Kier alpha value is -1.80. The van der Waals surface area contributed by atoms with E-state index in [1.165, 1.54) is 5.56 Å². The maximum absolute atomic E-state index is 6.14. The van der Waals surface area contributed by atoms with Gasteiger partial charge < -0.3 is 4.57 Å². The Bertz CT molecular complexity index is 729. The van der Waals surface area contributed by atoms with Gasteiger partial charge in [-0.05, 0) is 23.8 Å². The summed E-state index contributed by atoms with van der Waals surface area (Å²) in [6.45, 7) is 5.17. The van der Waals surface area contributed by atoms with Crippen LogP contribution >= 0.6 is 11.6 Å². The second kappa shape index (κ2) is 5.29. The van der Waals surface area contributed by atoms with Gasteiger partial charge in [-0.2, -0.15) is 0 Å². The van der Waals surface area contributed by atoms with E-state index in [0.29, 0.717) is 5.92 Å². The average Bonchev–Trinajstić information content (AvgIpc) is 2.78. The first-order valence-corrected chi connectivity index (χ1v) is 7.22. The summed E-state index contributed by atoms with van der Waals surface area (Å²) in [7, 11) is 0. The van der Waals surface area contributed by atoms with Crippen molar-refractivity contribution in [3.8, 4) is 0 Å². The van der Waals surface area contributed by atoms with Crippen molar-refractivity contribution in [2.75, 3.05) is 0 Å². The maximum atomic E-state index is 6.14. The van der Waals surface area contributed by atoms with Crippen molar-refractivity contribution < 1.29 is 0 Å². The largest absolute Gasteiger partial charge is 0.323 e. The van der Waals surface area contributed by atoms with Crippen LogP contribution in [0.4, 0.5) is 0 Å². The molecular formula is C17H17ClN2. The molecule has 0 unspecified atom stereocenters. The number of halogens is 1. The first-order chi connectivity index (χ1) is 9.65. The lowest BCUT2D eigenvalue weighted by Gasteiger charge is -2.11. The third-order valence-electron chi connectivity index (χ3n) is 3.44. The lowest BCUT2D eigenvalue weighted by molar-refractivity contribution is 0.683. The van der Waals surface area contributed by atoms with Gasteiger partial charge in [0, 0.05) is 17.5 Å². The fourth-order valence-electron chi connectivity index (χ4n) is 2.49. The summed E-state index contributed by atoms with van der Waals surface area (Å²) in [4.78, 5) is 4.75. The quantitative estimate of drug-likeness (QED) is 0.671. The van der Waals surface area contributed by atoms with Crippen LogP contribution in [0.15, 0.2) is 48.5 Å². The average molecular weight is 285 g/mol. The van der Waals surface area contributed by atoms with Crippen LogP contribution in [-0.4, -0.2) is 9.55 Å². The van der Waals surface area contributed by atoms with Gasteiger partial charge in [0.05, 0.1) is 11.0 Å². The zero-order chi connectivity index (χ0) is 14.1. The standard InChI is InChI=1S/C17H17ClN2/c1-12(2)17-19-15-9-8-14(18)10-16(15)20(17)11-13-6-4-3-5-7-13/h3-10,12H,11H2,1-2H3. The van der Waals surface area contributed by atoms with E-state index in [2.05, 4.69) is 42.7 Å². The molecule has 3 aromatic rings. The highest BCUT2D eigenvalue weighted by Gasteiger charge is 2.14. The van der Waals surface area contributed by atoms with Crippen LogP contribution in [-0.2, 0) is 6.54 Å². The first kappa shape index (κ1) is 13.2. The van der Waals surface area contributed by atoms with E-state index < -0.39 is 0 Å². The van der Waals surface area contributed by atoms with E-state index in [1.54, 1.807) is 0 Å². The summed E-state index contributed by atoms with van der Waals surface area (Å²) in [5, 5.41) is 0.752. The number of rotatable bonds is 3. The molecule has 0 atom stereocenters. The summed E-state index contributed by atoms with van der Waals surface area (Å²) in [6, 6.07) is 16.3. The highest BCUT2D eigenvalue weighted by molar-refractivity contribution is 6.31. The third-order valence-corrected chi connectivity index (χ3v) is 3.67. The smallest absolute Gasteiger partial charge is 0.112 e. The van der Waals surface area contributed by atoms with Crippen molar-refractivity contribution in [1.29, 1.82) is 0 Å². The first-order valence-electron chi connectivity index (χ1n) is 6.85.